The molecule has 0 radical (unpaired) electrons. The van der Waals surface area contributed by atoms with Crippen molar-refractivity contribution in [1.29, 1.82) is 0 Å². The van der Waals surface area contributed by atoms with Gasteiger partial charge in [-0.3, -0.25) is 9.59 Å². The average Bonchev–Trinajstić information content (AvgIpc) is 2.93. The van der Waals surface area contributed by atoms with Gasteiger partial charge in [0.15, 0.2) is 6.10 Å². The molecule has 4 atom stereocenters. The molecular formula is C15H24O6. The van der Waals surface area contributed by atoms with Crippen LogP contribution in [-0.4, -0.2) is 49.6 Å². The Morgan fingerprint density at radius 3 is 2.33 bits per heavy atom. The topological polar surface area (TPSA) is 82.1 Å². The van der Waals surface area contributed by atoms with Crippen molar-refractivity contribution in [3.8, 4) is 0 Å². The molecule has 2 unspecified atom stereocenters. The van der Waals surface area contributed by atoms with Gasteiger partial charge in [0.1, 0.15) is 6.10 Å². The van der Waals surface area contributed by atoms with Gasteiger partial charge in [0.05, 0.1) is 24.5 Å². The molecular weight excluding hydrogens is 276 g/mol. The van der Waals surface area contributed by atoms with Gasteiger partial charge in [-0.2, -0.15) is 0 Å². The number of esters is 1. The molecule has 6 nitrogen and oxygen atoms in total. The van der Waals surface area contributed by atoms with Crippen LogP contribution >= 0.6 is 0 Å². The van der Waals surface area contributed by atoms with Gasteiger partial charge in [-0.1, -0.05) is 13.8 Å². The van der Waals surface area contributed by atoms with E-state index in [1.165, 1.54) is 0 Å². The van der Waals surface area contributed by atoms with Crippen LogP contribution in [0.1, 0.15) is 33.6 Å². The summed E-state index contributed by atoms with van der Waals surface area (Å²) in [6.07, 6.45) is 0.350. The number of methoxy groups -OCH3 is 1. The number of hydrogen-bond acceptors (Lipinski definition) is 5. The lowest BCUT2D eigenvalue weighted by Gasteiger charge is -2.37. The molecule has 1 heterocycles. The van der Waals surface area contributed by atoms with Crippen molar-refractivity contribution in [1.82, 2.24) is 0 Å². The monoisotopic (exact) mass is 300 g/mol. The third kappa shape index (κ3) is 2.55. The highest BCUT2D eigenvalue weighted by Gasteiger charge is 2.59. The Morgan fingerprint density at radius 1 is 1.19 bits per heavy atom. The molecule has 0 aromatic rings. The molecule has 120 valence electrons. The van der Waals surface area contributed by atoms with E-state index >= 15 is 0 Å². The Bertz CT molecular complexity index is 432. The van der Waals surface area contributed by atoms with E-state index in [4.69, 9.17) is 14.2 Å². The zero-order valence-electron chi connectivity index (χ0n) is 13.0. The van der Waals surface area contributed by atoms with Gasteiger partial charge >= 0.3 is 11.9 Å². The van der Waals surface area contributed by atoms with Gasteiger partial charge in [-0.25, -0.2) is 0 Å². The van der Waals surface area contributed by atoms with Crippen LogP contribution < -0.4 is 0 Å². The number of hydrogen-bond donors (Lipinski definition) is 1. The standard InChI is InChI=1S/C15H24O6/c1-14(2)9(5-6-15(14,3)13(17)18)12(16)21-11-8-20-7-10(11)19-4/h9-11H,5-8H2,1-4H3,(H,17,18)/t9?,10-,11+,15?/m1/s1. The second-order valence-corrected chi connectivity index (χ2v) is 6.74. The summed E-state index contributed by atoms with van der Waals surface area (Å²) in [7, 11) is 1.56. The summed E-state index contributed by atoms with van der Waals surface area (Å²) in [5, 5.41) is 9.48. The fraction of sp³-hybridized carbons (Fsp3) is 0.867. The summed E-state index contributed by atoms with van der Waals surface area (Å²) in [5.74, 6) is -1.62. The van der Waals surface area contributed by atoms with Crippen LogP contribution in [0.4, 0.5) is 0 Å². The molecule has 1 N–H and O–H groups in total. The van der Waals surface area contributed by atoms with E-state index in [-0.39, 0.29) is 12.1 Å². The van der Waals surface area contributed by atoms with Gasteiger partial charge < -0.3 is 19.3 Å². The molecule has 0 aromatic carbocycles. The lowest BCUT2D eigenvalue weighted by Crippen LogP contribution is -2.44. The van der Waals surface area contributed by atoms with Crippen LogP contribution in [0.5, 0.6) is 0 Å². The minimum Gasteiger partial charge on any atom is -0.481 e. The largest absolute Gasteiger partial charge is 0.481 e. The first-order valence-electron chi connectivity index (χ1n) is 7.28. The molecule has 2 rings (SSSR count). The molecule has 6 heteroatoms. The minimum atomic E-state index is -0.913. The molecule has 0 spiro atoms. The van der Waals surface area contributed by atoms with Gasteiger partial charge in [0.2, 0.25) is 0 Å². The second kappa shape index (κ2) is 5.57. The van der Waals surface area contributed by atoms with E-state index in [0.29, 0.717) is 26.1 Å². The van der Waals surface area contributed by atoms with E-state index in [2.05, 4.69) is 0 Å². The smallest absolute Gasteiger partial charge is 0.309 e. The molecule has 0 aromatic heterocycles. The maximum Gasteiger partial charge on any atom is 0.309 e. The summed E-state index contributed by atoms with van der Waals surface area (Å²) >= 11 is 0. The van der Waals surface area contributed by atoms with E-state index in [0.717, 1.165) is 0 Å². The van der Waals surface area contributed by atoms with Gasteiger partial charge in [-0.05, 0) is 25.2 Å². The third-order valence-corrected chi connectivity index (χ3v) is 5.53. The summed E-state index contributed by atoms with van der Waals surface area (Å²) in [6.45, 7) is 6.11. The quantitative estimate of drug-likeness (QED) is 0.792. The number of carbonyl (C=O) groups excluding carboxylic acids is 1. The maximum absolute atomic E-state index is 12.5. The number of carboxylic acid groups (broad SMARTS) is 1. The Morgan fingerprint density at radius 2 is 1.81 bits per heavy atom. The summed E-state index contributed by atoms with van der Waals surface area (Å²) in [5.41, 5.74) is -1.57. The predicted molar refractivity (Wildman–Crippen MR) is 73.7 cm³/mol. The molecule has 0 bridgehead atoms. The van der Waals surface area contributed by atoms with E-state index in [1.807, 2.05) is 13.8 Å². The maximum atomic E-state index is 12.5. The minimum absolute atomic E-state index is 0.246. The Hall–Kier alpha value is -1.14. The van der Waals surface area contributed by atoms with Crippen LogP contribution in [0.2, 0.25) is 0 Å². The SMILES string of the molecule is CO[C@@H]1COC[C@@H]1OC(=O)C1CCC(C)(C(=O)O)C1(C)C. The van der Waals surface area contributed by atoms with Gasteiger partial charge in [0, 0.05) is 7.11 Å². The number of carboxylic acids is 1. The van der Waals surface area contributed by atoms with Crippen molar-refractivity contribution in [3.63, 3.8) is 0 Å². The van der Waals surface area contributed by atoms with E-state index in [9.17, 15) is 14.7 Å². The lowest BCUT2D eigenvalue weighted by molar-refractivity contribution is -0.166. The lowest BCUT2D eigenvalue weighted by atomic mass is 9.66. The van der Waals surface area contributed by atoms with Gasteiger partial charge in [0.25, 0.3) is 0 Å². The van der Waals surface area contributed by atoms with Crippen LogP contribution in [-0.2, 0) is 23.8 Å². The first kappa shape index (κ1) is 16.2. The molecule has 2 aliphatic rings. The Labute approximate surface area is 124 Å². The van der Waals surface area contributed by atoms with Crippen LogP contribution in [0.3, 0.4) is 0 Å². The fourth-order valence-electron chi connectivity index (χ4n) is 3.37. The number of aliphatic carboxylic acids is 1. The number of carbonyl (C=O) groups is 2. The Kier molecular flexibility index (Phi) is 4.31. The summed E-state index contributed by atoms with van der Waals surface area (Å²) in [6, 6.07) is 0. The Balaban J connectivity index is 2.09. The summed E-state index contributed by atoms with van der Waals surface area (Å²) in [4.78, 5) is 24.0. The predicted octanol–water partition coefficient (Wildman–Crippen LogP) is 1.47. The molecule has 21 heavy (non-hydrogen) atoms. The van der Waals surface area contributed by atoms with Crippen molar-refractivity contribution in [2.75, 3.05) is 20.3 Å². The highest BCUT2D eigenvalue weighted by atomic mass is 16.6. The normalized spacial score (nSPS) is 38.4. The molecule has 1 aliphatic carbocycles. The highest BCUT2D eigenvalue weighted by Crippen LogP contribution is 2.56. The van der Waals surface area contributed by atoms with Crippen molar-refractivity contribution in [3.05, 3.63) is 0 Å². The molecule has 0 amide bonds. The van der Waals surface area contributed by atoms with Crippen molar-refractivity contribution in [2.24, 2.45) is 16.7 Å². The van der Waals surface area contributed by atoms with Crippen LogP contribution in [0, 0.1) is 16.7 Å². The first-order valence-corrected chi connectivity index (χ1v) is 7.28. The molecule has 2 fully saturated rings. The van der Waals surface area contributed by atoms with Crippen molar-refractivity contribution in [2.45, 2.75) is 45.8 Å². The van der Waals surface area contributed by atoms with Crippen molar-refractivity contribution >= 4 is 11.9 Å². The highest BCUT2D eigenvalue weighted by molar-refractivity contribution is 5.81. The number of ether oxygens (including phenoxy) is 3. The zero-order chi connectivity index (χ0) is 15.8. The average molecular weight is 300 g/mol. The molecule has 1 saturated heterocycles. The van der Waals surface area contributed by atoms with Crippen LogP contribution in [0.25, 0.3) is 0 Å². The fourth-order valence-corrected chi connectivity index (χ4v) is 3.37. The van der Waals surface area contributed by atoms with Crippen LogP contribution in [0.15, 0.2) is 0 Å². The van der Waals surface area contributed by atoms with Crippen molar-refractivity contribution < 1.29 is 28.9 Å². The zero-order valence-corrected chi connectivity index (χ0v) is 13.0. The molecule has 1 aliphatic heterocycles. The number of rotatable bonds is 4. The second-order valence-electron chi connectivity index (χ2n) is 6.74. The van der Waals surface area contributed by atoms with E-state index < -0.39 is 28.8 Å². The molecule has 1 saturated carbocycles. The first-order chi connectivity index (χ1) is 9.74. The van der Waals surface area contributed by atoms with Gasteiger partial charge in [-0.15, -0.1) is 0 Å². The third-order valence-electron chi connectivity index (χ3n) is 5.53. The van der Waals surface area contributed by atoms with E-state index in [1.54, 1.807) is 14.0 Å². The summed E-state index contributed by atoms with van der Waals surface area (Å²) < 4.78 is 16.0.